The SMILES string of the molecule is CCCC1CCN(S(=O)(=O)c2ccc(C(=O)Nc3nc(-c4cc(C)ccc4C)cs3)cc2)CC1. The van der Waals surface area contributed by atoms with Gasteiger partial charge in [0.2, 0.25) is 10.0 Å². The molecule has 2 heterocycles. The van der Waals surface area contributed by atoms with Crippen LogP contribution < -0.4 is 5.32 Å². The molecule has 0 aliphatic carbocycles. The summed E-state index contributed by atoms with van der Waals surface area (Å²) in [5, 5.41) is 5.26. The number of sulfonamides is 1. The summed E-state index contributed by atoms with van der Waals surface area (Å²) >= 11 is 1.37. The molecule has 1 aliphatic rings. The van der Waals surface area contributed by atoms with E-state index in [1.807, 2.05) is 19.2 Å². The number of anilines is 1. The molecule has 2 aromatic carbocycles. The first-order chi connectivity index (χ1) is 16.3. The maximum atomic E-state index is 13.0. The Morgan fingerprint density at radius 2 is 1.82 bits per heavy atom. The molecule has 0 radical (unpaired) electrons. The van der Waals surface area contributed by atoms with Crippen molar-refractivity contribution in [3.05, 3.63) is 64.5 Å². The van der Waals surface area contributed by atoms with Crippen molar-refractivity contribution in [3.8, 4) is 11.3 Å². The quantitative estimate of drug-likeness (QED) is 0.442. The number of hydrogen-bond acceptors (Lipinski definition) is 5. The molecule has 6 nitrogen and oxygen atoms in total. The Morgan fingerprint density at radius 1 is 1.12 bits per heavy atom. The molecule has 0 spiro atoms. The fourth-order valence-corrected chi connectivity index (χ4v) is 6.59. The van der Waals surface area contributed by atoms with Gasteiger partial charge in [-0.1, -0.05) is 37.5 Å². The molecule has 0 unspecified atom stereocenters. The van der Waals surface area contributed by atoms with Gasteiger partial charge < -0.3 is 0 Å². The number of aryl methyl sites for hydroxylation is 2. The van der Waals surface area contributed by atoms with Crippen LogP contribution in [0.15, 0.2) is 52.7 Å². The Hall–Kier alpha value is -2.55. The van der Waals surface area contributed by atoms with Gasteiger partial charge in [-0.3, -0.25) is 10.1 Å². The van der Waals surface area contributed by atoms with E-state index in [2.05, 4.69) is 35.4 Å². The van der Waals surface area contributed by atoms with Crippen LogP contribution in [0.1, 0.15) is 54.1 Å². The molecule has 34 heavy (non-hydrogen) atoms. The van der Waals surface area contributed by atoms with Crippen molar-refractivity contribution < 1.29 is 13.2 Å². The number of benzene rings is 2. The Kier molecular flexibility index (Phi) is 7.50. The first-order valence-corrected chi connectivity index (χ1v) is 14.0. The average molecular weight is 498 g/mol. The van der Waals surface area contributed by atoms with Gasteiger partial charge in [-0.2, -0.15) is 4.31 Å². The number of nitrogens with zero attached hydrogens (tertiary/aromatic N) is 2. The summed E-state index contributed by atoms with van der Waals surface area (Å²) in [5.74, 6) is 0.301. The molecule has 8 heteroatoms. The highest BCUT2D eigenvalue weighted by Gasteiger charge is 2.29. The average Bonchev–Trinajstić information content (AvgIpc) is 3.29. The number of rotatable bonds is 7. The highest BCUT2D eigenvalue weighted by atomic mass is 32.2. The lowest BCUT2D eigenvalue weighted by atomic mass is 9.94. The summed E-state index contributed by atoms with van der Waals surface area (Å²) in [6.07, 6.45) is 4.11. The predicted molar refractivity (Wildman–Crippen MR) is 138 cm³/mol. The third-order valence-corrected chi connectivity index (χ3v) is 9.09. The van der Waals surface area contributed by atoms with Gasteiger partial charge in [-0.05, 0) is 68.5 Å². The van der Waals surface area contributed by atoms with Gasteiger partial charge in [0.25, 0.3) is 5.91 Å². The van der Waals surface area contributed by atoms with Crippen LogP contribution in [0.5, 0.6) is 0 Å². The molecule has 1 aromatic heterocycles. The number of aromatic nitrogens is 1. The molecule has 1 N–H and O–H groups in total. The summed E-state index contributed by atoms with van der Waals surface area (Å²) in [7, 11) is -3.55. The number of amides is 1. The van der Waals surface area contributed by atoms with Crippen LogP contribution in [0.2, 0.25) is 0 Å². The first kappa shape index (κ1) is 24.6. The minimum absolute atomic E-state index is 0.226. The largest absolute Gasteiger partial charge is 0.298 e. The zero-order valence-corrected chi connectivity index (χ0v) is 21.5. The van der Waals surface area contributed by atoms with Crippen LogP contribution in [0.3, 0.4) is 0 Å². The minimum atomic E-state index is -3.55. The standard InChI is InChI=1S/C26H31N3O3S2/c1-4-5-20-12-14-29(15-13-20)34(31,32)22-10-8-21(9-11-22)25(30)28-26-27-24(17-33-26)23-16-18(2)6-7-19(23)3/h6-11,16-17,20H,4-5,12-15H2,1-3H3,(H,27,28,30). The normalized spacial score (nSPS) is 15.4. The molecule has 1 aliphatic heterocycles. The lowest BCUT2D eigenvalue weighted by Gasteiger charge is -2.31. The van der Waals surface area contributed by atoms with E-state index < -0.39 is 10.0 Å². The second kappa shape index (κ2) is 10.4. The fraction of sp³-hybridized carbons (Fsp3) is 0.385. The van der Waals surface area contributed by atoms with Gasteiger partial charge in [0, 0.05) is 29.6 Å². The fourth-order valence-electron chi connectivity index (χ4n) is 4.41. The number of carbonyl (C=O) groups is 1. The summed E-state index contributed by atoms with van der Waals surface area (Å²) in [6.45, 7) is 7.36. The number of thiazole rings is 1. The molecule has 4 rings (SSSR count). The molecular formula is C26H31N3O3S2. The Labute approximate surface area is 206 Å². The van der Waals surface area contributed by atoms with Gasteiger partial charge in [0.1, 0.15) is 0 Å². The van der Waals surface area contributed by atoms with Gasteiger partial charge in [0.05, 0.1) is 10.6 Å². The molecule has 1 fully saturated rings. The van der Waals surface area contributed by atoms with Crippen LogP contribution in [0.4, 0.5) is 5.13 Å². The van der Waals surface area contributed by atoms with Crippen molar-refractivity contribution in [2.24, 2.45) is 5.92 Å². The van der Waals surface area contributed by atoms with Crippen LogP contribution in [0.25, 0.3) is 11.3 Å². The smallest absolute Gasteiger partial charge is 0.257 e. The van der Waals surface area contributed by atoms with E-state index >= 15 is 0 Å². The zero-order chi connectivity index (χ0) is 24.3. The molecule has 3 aromatic rings. The van der Waals surface area contributed by atoms with Crippen LogP contribution in [-0.2, 0) is 10.0 Å². The van der Waals surface area contributed by atoms with Gasteiger partial charge >= 0.3 is 0 Å². The van der Waals surface area contributed by atoms with Crippen molar-refractivity contribution in [2.75, 3.05) is 18.4 Å². The third kappa shape index (κ3) is 5.40. The van der Waals surface area contributed by atoms with E-state index in [9.17, 15) is 13.2 Å². The van der Waals surface area contributed by atoms with E-state index in [0.717, 1.165) is 48.1 Å². The van der Waals surface area contributed by atoms with Crippen molar-refractivity contribution in [1.29, 1.82) is 0 Å². The first-order valence-electron chi connectivity index (χ1n) is 11.7. The topological polar surface area (TPSA) is 79.4 Å². The van der Waals surface area contributed by atoms with Crippen molar-refractivity contribution in [3.63, 3.8) is 0 Å². The summed E-state index contributed by atoms with van der Waals surface area (Å²) in [6, 6.07) is 12.4. The minimum Gasteiger partial charge on any atom is -0.298 e. The van der Waals surface area contributed by atoms with Gasteiger partial charge in [-0.25, -0.2) is 13.4 Å². The number of carbonyl (C=O) groups excluding carboxylic acids is 1. The van der Waals surface area contributed by atoms with E-state index in [1.165, 1.54) is 23.5 Å². The lowest BCUT2D eigenvalue weighted by Crippen LogP contribution is -2.38. The van der Waals surface area contributed by atoms with Crippen LogP contribution >= 0.6 is 11.3 Å². The van der Waals surface area contributed by atoms with Crippen LogP contribution in [-0.4, -0.2) is 36.7 Å². The van der Waals surface area contributed by atoms with E-state index in [4.69, 9.17) is 0 Å². The maximum Gasteiger partial charge on any atom is 0.257 e. The number of hydrogen-bond donors (Lipinski definition) is 1. The molecule has 1 saturated heterocycles. The van der Waals surface area contributed by atoms with E-state index in [-0.39, 0.29) is 10.8 Å². The highest BCUT2D eigenvalue weighted by Crippen LogP contribution is 2.29. The van der Waals surface area contributed by atoms with Crippen molar-refractivity contribution >= 4 is 32.4 Å². The second-order valence-electron chi connectivity index (χ2n) is 8.97. The van der Waals surface area contributed by atoms with Gasteiger partial charge in [-0.15, -0.1) is 11.3 Å². The summed E-state index contributed by atoms with van der Waals surface area (Å²) < 4.78 is 27.6. The van der Waals surface area contributed by atoms with Crippen LogP contribution in [0, 0.1) is 19.8 Å². The Bertz CT molecular complexity index is 1260. The predicted octanol–water partition coefficient (Wildman–Crippen LogP) is 5.88. The van der Waals surface area contributed by atoms with Crippen molar-refractivity contribution in [2.45, 2.75) is 51.3 Å². The molecule has 0 saturated carbocycles. The monoisotopic (exact) mass is 497 g/mol. The van der Waals surface area contributed by atoms with Gasteiger partial charge in [0.15, 0.2) is 5.13 Å². The lowest BCUT2D eigenvalue weighted by molar-refractivity contribution is 0.102. The maximum absolute atomic E-state index is 13.0. The summed E-state index contributed by atoms with van der Waals surface area (Å²) in [4.78, 5) is 17.5. The Balaban J connectivity index is 1.42. The third-order valence-electron chi connectivity index (χ3n) is 6.42. The zero-order valence-electron chi connectivity index (χ0n) is 19.9. The highest BCUT2D eigenvalue weighted by molar-refractivity contribution is 7.89. The molecule has 0 bridgehead atoms. The van der Waals surface area contributed by atoms with E-state index in [0.29, 0.717) is 29.7 Å². The number of piperidine rings is 1. The summed E-state index contributed by atoms with van der Waals surface area (Å²) in [5.41, 5.74) is 4.54. The molecular weight excluding hydrogens is 466 g/mol. The second-order valence-corrected chi connectivity index (χ2v) is 11.8. The number of nitrogens with one attached hydrogen (secondary N) is 1. The molecule has 1 amide bonds. The van der Waals surface area contributed by atoms with E-state index in [1.54, 1.807) is 16.4 Å². The Morgan fingerprint density at radius 3 is 2.50 bits per heavy atom. The molecule has 180 valence electrons. The van der Waals surface area contributed by atoms with Crippen molar-refractivity contribution in [1.82, 2.24) is 9.29 Å². The molecule has 0 atom stereocenters.